The van der Waals surface area contributed by atoms with E-state index in [-0.39, 0.29) is 6.04 Å². The van der Waals surface area contributed by atoms with Gasteiger partial charge in [0.05, 0.1) is 6.10 Å². The van der Waals surface area contributed by atoms with Crippen molar-refractivity contribution in [2.24, 2.45) is 0 Å². The number of carbonyl (C=O) groups is 1. The van der Waals surface area contributed by atoms with E-state index < -0.39 is 18.1 Å². The highest BCUT2D eigenvalue weighted by atomic mass is 16.4. The highest BCUT2D eigenvalue weighted by molar-refractivity contribution is 5.72. The lowest BCUT2D eigenvalue weighted by molar-refractivity contribution is -0.139. The predicted molar refractivity (Wildman–Crippen MR) is 79.8 cm³/mol. The molecule has 4 atom stereocenters. The number of aliphatic carboxylic acids is 1. The Morgan fingerprint density at radius 3 is 2.10 bits per heavy atom. The Balaban J connectivity index is 2.71. The summed E-state index contributed by atoms with van der Waals surface area (Å²) in [7, 11) is 0. The summed E-state index contributed by atoms with van der Waals surface area (Å²) in [6, 6.07) is 6.88. The van der Waals surface area contributed by atoms with Crippen LogP contribution in [0.15, 0.2) is 24.3 Å². The molecule has 1 aromatic carbocycles. The lowest BCUT2D eigenvalue weighted by Crippen LogP contribution is -2.42. The summed E-state index contributed by atoms with van der Waals surface area (Å²) in [5.41, 5.74) is 2.05. The fourth-order valence-corrected chi connectivity index (χ4v) is 2.10. The van der Waals surface area contributed by atoms with Gasteiger partial charge in [0.25, 0.3) is 0 Å². The second-order valence-electron chi connectivity index (χ2n) is 5.44. The molecule has 0 bridgehead atoms. The van der Waals surface area contributed by atoms with Crippen molar-refractivity contribution in [1.29, 1.82) is 0 Å². The van der Waals surface area contributed by atoms with Gasteiger partial charge in [-0.2, -0.15) is 0 Å². The molecule has 0 radical (unpaired) electrons. The van der Waals surface area contributed by atoms with Crippen LogP contribution in [0.4, 0.5) is 0 Å². The van der Waals surface area contributed by atoms with Gasteiger partial charge in [-0.25, -0.2) is 0 Å². The van der Waals surface area contributed by atoms with Crippen LogP contribution in [0.1, 0.15) is 57.3 Å². The Labute approximate surface area is 120 Å². The Morgan fingerprint density at radius 1 is 1.15 bits per heavy atom. The summed E-state index contributed by atoms with van der Waals surface area (Å²) in [4.78, 5) is 10.8. The lowest BCUT2D eigenvalue weighted by Gasteiger charge is -2.23. The van der Waals surface area contributed by atoms with Crippen LogP contribution < -0.4 is 5.32 Å². The second kappa shape index (κ2) is 7.41. The fourth-order valence-electron chi connectivity index (χ4n) is 2.10. The van der Waals surface area contributed by atoms with Crippen LogP contribution in [0.25, 0.3) is 0 Å². The summed E-state index contributed by atoms with van der Waals surface area (Å²) in [5, 5.41) is 22.0. The van der Waals surface area contributed by atoms with E-state index in [1.54, 1.807) is 13.8 Å². The maximum absolute atomic E-state index is 10.8. The number of nitrogens with one attached hydrogen (secondary N) is 1. The molecule has 1 aromatic rings. The van der Waals surface area contributed by atoms with E-state index in [4.69, 9.17) is 5.11 Å². The molecule has 20 heavy (non-hydrogen) atoms. The van der Waals surface area contributed by atoms with Crippen LogP contribution in [0, 0.1) is 0 Å². The smallest absolute Gasteiger partial charge is 0.320 e. The molecule has 0 amide bonds. The first kappa shape index (κ1) is 16.7. The molecule has 0 aliphatic heterocycles. The molecule has 4 unspecified atom stereocenters. The Morgan fingerprint density at radius 2 is 1.65 bits per heavy atom. The van der Waals surface area contributed by atoms with E-state index in [9.17, 15) is 9.90 Å². The van der Waals surface area contributed by atoms with Crippen molar-refractivity contribution in [3.63, 3.8) is 0 Å². The SMILES string of the molecule is CCC(C)c1ccc(C(O)C(C)NC(C)C(=O)O)cc1. The number of hydrogen-bond acceptors (Lipinski definition) is 3. The van der Waals surface area contributed by atoms with Crippen molar-refractivity contribution >= 4 is 5.97 Å². The zero-order valence-corrected chi connectivity index (χ0v) is 12.6. The fraction of sp³-hybridized carbons (Fsp3) is 0.562. The Kier molecular flexibility index (Phi) is 6.17. The maximum atomic E-state index is 10.8. The molecule has 0 saturated heterocycles. The molecule has 0 aromatic heterocycles. The third kappa shape index (κ3) is 4.32. The van der Waals surface area contributed by atoms with E-state index in [1.165, 1.54) is 5.56 Å². The monoisotopic (exact) mass is 279 g/mol. The average Bonchev–Trinajstić information content (AvgIpc) is 2.45. The summed E-state index contributed by atoms with van der Waals surface area (Å²) in [6.07, 6.45) is 0.360. The van der Waals surface area contributed by atoms with E-state index in [0.717, 1.165) is 12.0 Å². The number of aliphatic hydroxyl groups is 1. The molecule has 0 heterocycles. The normalized spacial score (nSPS) is 17.2. The second-order valence-corrected chi connectivity index (χ2v) is 5.44. The van der Waals surface area contributed by atoms with Gasteiger partial charge < -0.3 is 10.2 Å². The minimum atomic E-state index is -0.920. The standard InChI is InChI=1S/C16H25NO3/c1-5-10(2)13-6-8-14(9-7-13)15(18)11(3)17-12(4)16(19)20/h6-12,15,17-18H,5H2,1-4H3,(H,19,20). The molecule has 0 spiro atoms. The van der Waals surface area contributed by atoms with Gasteiger partial charge in [0.15, 0.2) is 0 Å². The van der Waals surface area contributed by atoms with Crippen LogP contribution in [0.5, 0.6) is 0 Å². The van der Waals surface area contributed by atoms with Gasteiger partial charge in [-0.15, -0.1) is 0 Å². The molecule has 3 N–H and O–H groups in total. The number of carboxylic acids is 1. The van der Waals surface area contributed by atoms with Gasteiger partial charge >= 0.3 is 5.97 Å². The topological polar surface area (TPSA) is 69.6 Å². The summed E-state index contributed by atoms with van der Waals surface area (Å²) < 4.78 is 0. The third-order valence-corrected chi connectivity index (χ3v) is 3.82. The molecule has 0 fully saturated rings. The Bertz CT molecular complexity index is 430. The van der Waals surface area contributed by atoms with Crippen LogP contribution >= 0.6 is 0 Å². The van der Waals surface area contributed by atoms with E-state index in [2.05, 4.69) is 19.2 Å². The highest BCUT2D eigenvalue weighted by Gasteiger charge is 2.21. The number of rotatable bonds is 7. The van der Waals surface area contributed by atoms with Crippen molar-refractivity contribution in [3.05, 3.63) is 35.4 Å². The number of aliphatic hydroxyl groups excluding tert-OH is 1. The van der Waals surface area contributed by atoms with Gasteiger partial charge in [-0.05, 0) is 37.3 Å². The highest BCUT2D eigenvalue weighted by Crippen LogP contribution is 2.22. The van der Waals surface area contributed by atoms with Crippen molar-refractivity contribution in [2.45, 2.75) is 58.2 Å². The predicted octanol–water partition coefficient (Wildman–Crippen LogP) is 2.68. The van der Waals surface area contributed by atoms with Gasteiger partial charge in [0.1, 0.15) is 6.04 Å². The summed E-state index contributed by atoms with van der Waals surface area (Å²) in [6.45, 7) is 7.67. The maximum Gasteiger partial charge on any atom is 0.320 e. The molecule has 4 nitrogen and oxygen atoms in total. The molecule has 0 aliphatic carbocycles. The molecule has 4 heteroatoms. The number of carboxylic acid groups (broad SMARTS) is 1. The van der Waals surface area contributed by atoms with Crippen LogP contribution in [0.3, 0.4) is 0 Å². The zero-order chi connectivity index (χ0) is 15.3. The number of hydrogen-bond donors (Lipinski definition) is 3. The lowest BCUT2D eigenvalue weighted by atomic mass is 9.95. The zero-order valence-electron chi connectivity index (χ0n) is 12.6. The molecule has 1 rings (SSSR count). The Hall–Kier alpha value is -1.39. The van der Waals surface area contributed by atoms with Gasteiger partial charge in [0, 0.05) is 6.04 Å². The van der Waals surface area contributed by atoms with E-state index in [1.807, 2.05) is 24.3 Å². The molecule has 112 valence electrons. The van der Waals surface area contributed by atoms with E-state index in [0.29, 0.717) is 5.92 Å². The van der Waals surface area contributed by atoms with Crippen LogP contribution in [0.2, 0.25) is 0 Å². The van der Waals surface area contributed by atoms with Gasteiger partial charge in [0.2, 0.25) is 0 Å². The quantitative estimate of drug-likeness (QED) is 0.717. The van der Waals surface area contributed by atoms with E-state index >= 15 is 0 Å². The average molecular weight is 279 g/mol. The summed E-state index contributed by atoms with van der Waals surface area (Å²) in [5.74, 6) is -0.417. The van der Waals surface area contributed by atoms with Gasteiger partial charge in [-0.3, -0.25) is 10.1 Å². The first-order chi connectivity index (χ1) is 9.36. The first-order valence-corrected chi connectivity index (χ1v) is 7.13. The molecule has 0 saturated carbocycles. The first-order valence-electron chi connectivity index (χ1n) is 7.13. The third-order valence-electron chi connectivity index (χ3n) is 3.82. The minimum absolute atomic E-state index is 0.324. The van der Waals surface area contributed by atoms with Crippen molar-refractivity contribution in [1.82, 2.24) is 5.32 Å². The van der Waals surface area contributed by atoms with Crippen molar-refractivity contribution < 1.29 is 15.0 Å². The largest absolute Gasteiger partial charge is 0.480 e. The van der Waals surface area contributed by atoms with Crippen LogP contribution in [-0.2, 0) is 4.79 Å². The molecule has 0 aliphatic rings. The molecular formula is C16H25NO3. The van der Waals surface area contributed by atoms with Gasteiger partial charge in [-0.1, -0.05) is 38.1 Å². The minimum Gasteiger partial charge on any atom is -0.480 e. The van der Waals surface area contributed by atoms with Crippen molar-refractivity contribution in [3.8, 4) is 0 Å². The van der Waals surface area contributed by atoms with Crippen LogP contribution in [-0.4, -0.2) is 28.3 Å². The van der Waals surface area contributed by atoms with Crippen molar-refractivity contribution in [2.75, 3.05) is 0 Å². The summed E-state index contributed by atoms with van der Waals surface area (Å²) >= 11 is 0. The number of benzene rings is 1. The molecular weight excluding hydrogens is 254 g/mol.